The maximum absolute atomic E-state index is 5.17. The summed E-state index contributed by atoms with van der Waals surface area (Å²) in [6.07, 6.45) is 0. The van der Waals surface area contributed by atoms with E-state index in [1.165, 1.54) is 0 Å². The third kappa shape index (κ3) is 1.42. The Kier molecular flexibility index (Phi) is 2.55. The maximum atomic E-state index is 5.17. The van der Waals surface area contributed by atoms with Gasteiger partial charge in [-0.25, -0.2) is 0 Å². The van der Waals surface area contributed by atoms with Crippen molar-refractivity contribution in [1.29, 1.82) is 0 Å². The average Bonchev–Trinajstić information content (AvgIpc) is 2.32. The van der Waals surface area contributed by atoms with Crippen molar-refractivity contribution in [2.24, 2.45) is 0 Å². The van der Waals surface area contributed by atoms with E-state index in [4.69, 9.17) is 9.47 Å². The second-order valence-corrected chi connectivity index (χ2v) is 3.34. The Labute approximate surface area is 92.6 Å². The molecule has 0 spiro atoms. The first-order valence-corrected chi connectivity index (χ1v) is 4.77. The van der Waals surface area contributed by atoms with Gasteiger partial charge in [-0.1, -0.05) is 0 Å². The Bertz CT molecular complexity index is 493. The molecule has 16 heavy (non-hydrogen) atoms. The third-order valence-corrected chi connectivity index (χ3v) is 2.37. The molecule has 0 bridgehead atoms. The fraction of sp³-hybridized carbons (Fsp3) is 0.400. The van der Waals surface area contributed by atoms with Gasteiger partial charge in [0, 0.05) is 0 Å². The van der Waals surface area contributed by atoms with E-state index >= 15 is 0 Å². The van der Waals surface area contributed by atoms with Crippen LogP contribution in [0, 0.1) is 13.8 Å². The minimum absolute atomic E-state index is 0.436. The molecule has 2 heterocycles. The largest absolute Gasteiger partial charge is 0.479 e. The highest BCUT2D eigenvalue weighted by molar-refractivity contribution is 5.93. The van der Waals surface area contributed by atoms with Gasteiger partial charge in [0.2, 0.25) is 11.8 Å². The van der Waals surface area contributed by atoms with E-state index in [0.29, 0.717) is 11.8 Å². The predicted octanol–water partition coefficient (Wildman–Crippen LogP) is 1.05. The SMILES string of the molecule is COc1nnc(OC)c2c(C)nnc(C)c12. The minimum atomic E-state index is 0.436. The van der Waals surface area contributed by atoms with E-state index in [1.807, 2.05) is 13.8 Å². The van der Waals surface area contributed by atoms with Crippen LogP contribution in [0.2, 0.25) is 0 Å². The molecule has 0 aliphatic heterocycles. The van der Waals surface area contributed by atoms with Crippen LogP contribution in [0.15, 0.2) is 0 Å². The van der Waals surface area contributed by atoms with Crippen molar-refractivity contribution in [3.63, 3.8) is 0 Å². The van der Waals surface area contributed by atoms with Crippen molar-refractivity contribution in [3.05, 3.63) is 11.4 Å². The first kappa shape index (κ1) is 10.5. The van der Waals surface area contributed by atoms with E-state index in [-0.39, 0.29) is 0 Å². The smallest absolute Gasteiger partial charge is 0.243 e. The Balaban J connectivity index is 2.95. The van der Waals surface area contributed by atoms with Crippen molar-refractivity contribution < 1.29 is 9.47 Å². The highest BCUT2D eigenvalue weighted by Gasteiger charge is 2.16. The van der Waals surface area contributed by atoms with Gasteiger partial charge in [-0.3, -0.25) is 0 Å². The van der Waals surface area contributed by atoms with E-state index < -0.39 is 0 Å². The summed E-state index contributed by atoms with van der Waals surface area (Å²) in [5.41, 5.74) is 1.48. The number of hydrogen-bond donors (Lipinski definition) is 0. The lowest BCUT2D eigenvalue weighted by molar-refractivity contribution is 0.375. The quantitative estimate of drug-likeness (QED) is 0.753. The molecule has 0 saturated carbocycles. The summed E-state index contributed by atoms with van der Waals surface area (Å²) in [5.74, 6) is 0.873. The molecule has 6 heteroatoms. The molecular weight excluding hydrogens is 208 g/mol. The summed E-state index contributed by atoms with van der Waals surface area (Å²) in [6, 6.07) is 0. The Hall–Kier alpha value is -1.98. The highest BCUT2D eigenvalue weighted by atomic mass is 16.5. The molecule has 0 aliphatic rings. The van der Waals surface area contributed by atoms with Crippen molar-refractivity contribution in [2.45, 2.75) is 13.8 Å². The summed E-state index contributed by atoms with van der Waals surface area (Å²) in [5, 5.41) is 17.5. The zero-order valence-corrected chi connectivity index (χ0v) is 9.61. The lowest BCUT2D eigenvalue weighted by Crippen LogP contribution is -2.02. The summed E-state index contributed by atoms with van der Waals surface area (Å²) in [4.78, 5) is 0. The normalized spacial score (nSPS) is 10.5. The zero-order chi connectivity index (χ0) is 11.7. The monoisotopic (exact) mass is 220 g/mol. The molecule has 0 N–H and O–H groups in total. The molecule has 0 saturated heterocycles. The second kappa shape index (κ2) is 3.88. The van der Waals surface area contributed by atoms with E-state index in [2.05, 4.69) is 20.4 Å². The van der Waals surface area contributed by atoms with E-state index in [1.54, 1.807) is 14.2 Å². The van der Waals surface area contributed by atoms with Crippen molar-refractivity contribution in [1.82, 2.24) is 20.4 Å². The van der Waals surface area contributed by atoms with Crippen molar-refractivity contribution in [2.75, 3.05) is 14.2 Å². The number of methoxy groups -OCH3 is 2. The van der Waals surface area contributed by atoms with Crippen LogP contribution < -0.4 is 9.47 Å². The number of fused-ring (bicyclic) bond motifs is 1. The molecule has 0 amide bonds. The van der Waals surface area contributed by atoms with Gasteiger partial charge < -0.3 is 9.47 Å². The van der Waals surface area contributed by atoms with Gasteiger partial charge >= 0.3 is 0 Å². The molecule has 0 atom stereocenters. The minimum Gasteiger partial charge on any atom is -0.479 e. The van der Waals surface area contributed by atoms with Crippen molar-refractivity contribution >= 4 is 10.8 Å². The average molecular weight is 220 g/mol. The number of aromatic nitrogens is 4. The molecule has 0 aliphatic carbocycles. The van der Waals surface area contributed by atoms with Crippen LogP contribution in [-0.2, 0) is 0 Å². The summed E-state index contributed by atoms with van der Waals surface area (Å²) < 4.78 is 10.3. The van der Waals surface area contributed by atoms with Gasteiger partial charge in [0.25, 0.3) is 0 Å². The van der Waals surface area contributed by atoms with E-state index in [0.717, 1.165) is 22.2 Å². The van der Waals surface area contributed by atoms with Gasteiger partial charge in [-0.15, -0.1) is 10.2 Å². The second-order valence-electron chi connectivity index (χ2n) is 3.34. The highest BCUT2D eigenvalue weighted by Crippen LogP contribution is 2.31. The molecule has 0 unspecified atom stereocenters. The van der Waals surface area contributed by atoms with Crippen LogP contribution in [-0.4, -0.2) is 34.6 Å². The first-order valence-electron chi connectivity index (χ1n) is 4.77. The molecule has 0 fully saturated rings. The molecule has 0 aromatic carbocycles. The van der Waals surface area contributed by atoms with Gasteiger partial charge in [-0.2, -0.15) is 10.2 Å². The summed E-state index contributed by atoms with van der Waals surface area (Å²) in [7, 11) is 3.09. The van der Waals surface area contributed by atoms with Gasteiger partial charge in [-0.05, 0) is 13.8 Å². The number of rotatable bonds is 2. The van der Waals surface area contributed by atoms with Crippen LogP contribution in [0.25, 0.3) is 10.8 Å². The van der Waals surface area contributed by atoms with E-state index in [9.17, 15) is 0 Å². The number of hydrogen-bond acceptors (Lipinski definition) is 6. The van der Waals surface area contributed by atoms with Crippen molar-refractivity contribution in [3.8, 4) is 11.8 Å². The van der Waals surface area contributed by atoms with Crippen LogP contribution in [0.4, 0.5) is 0 Å². The lowest BCUT2D eigenvalue weighted by atomic mass is 10.1. The lowest BCUT2D eigenvalue weighted by Gasteiger charge is -2.09. The zero-order valence-electron chi connectivity index (χ0n) is 9.61. The molecule has 2 aromatic heterocycles. The third-order valence-electron chi connectivity index (χ3n) is 2.37. The van der Waals surface area contributed by atoms with Gasteiger partial charge in [0.15, 0.2) is 0 Å². The molecule has 6 nitrogen and oxygen atoms in total. The van der Waals surface area contributed by atoms with Crippen LogP contribution in [0.3, 0.4) is 0 Å². The topological polar surface area (TPSA) is 70.0 Å². The standard InChI is InChI=1S/C10H12N4O2/c1-5-7-8(6(2)12-11-5)10(16-4)14-13-9(7)15-3/h1-4H3. The Morgan fingerprint density at radius 2 is 1.06 bits per heavy atom. The predicted molar refractivity (Wildman–Crippen MR) is 57.7 cm³/mol. The first-order chi connectivity index (χ1) is 7.69. The molecular formula is C10H12N4O2. The number of nitrogens with zero attached hydrogens (tertiary/aromatic N) is 4. The van der Waals surface area contributed by atoms with Crippen LogP contribution >= 0.6 is 0 Å². The number of aryl methyl sites for hydroxylation is 2. The Morgan fingerprint density at radius 1 is 0.688 bits per heavy atom. The molecule has 84 valence electrons. The molecule has 2 aromatic rings. The summed E-state index contributed by atoms with van der Waals surface area (Å²) in [6.45, 7) is 3.69. The summed E-state index contributed by atoms with van der Waals surface area (Å²) >= 11 is 0. The maximum Gasteiger partial charge on any atom is 0.243 e. The van der Waals surface area contributed by atoms with Crippen LogP contribution in [0.5, 0.6) is 11.8 Å². The Morgan fingerprint density at radius 3 is 1.38 bits per heavy atom. The molecule has 0 radical (unpaired) electrons. The van der Waals surface area contributed by atoms with Gasteiger partial charge in [0.05, 0.1) is 36.4 Å². The fourth-order valence-corrected chi connectivity index (χ4v) is 1.61. The number of ether oxygens (including phenoxy) is 2. The van der Waals surface area contributed by atoms with Crippen LogP contribution in [0.1, 0.15) is 11.4 Å². The van der Waals surface area contributed by atoms with Gasteiger partial charge in [0.1, 0.15) is 0 Å². The molecule has 2 rings (SSSR count). The fourth-order valence-electron chi connectivity index (χ4n) is 1.61.